The van der Waals surface area contributed by atoms with E-state index in [0.29, 0.717) is 5.95 Å². The molecule has 0 radical (unpaired) electrons. The number of nitrogens with two attached hydrogens (primary N) is 1. The molecule has 1 aromatic heterocycles. The van der Waals surface area contributed by atoms with E-state index in [2.05, 4.69) is 15.0 Å². The Morgan fingerprint density at radius 1 is 1.00 bits per heavy atom. The second kappa shape index (κ2) is 3.80. The van der Waals surface area contributed by atoms with Gasteiger partial charge < -0.3 is 0 Å². The van der Waals surface area contributed by atoms with Crippen molar-refractivity contribution in [3.05, 3.63) is 43.0 Å². The standard InChI is InChI=1S/C9H9N5/c10-14(8-4-2-1-3-5-8)9-12-6-11-7-13-9/h1-7H,10H2. The van der Waals surface area contributed by atoms with Crippen LogP contribution in [-0.2, 0) is 0 Å². The first-order valence-corrected chi connectivity index (χ1v) is 4.10. The van der Waals surface area contributed by atoms with E-state index in [1.54, 1.807) is 0 Å². The molecule has 1 aromatic carbocycles. The van der Waals surface area contributed by atoms with Crippen molar-refractivity contribution in [2.45, 2.75) is 0 Å². The first-order chi connectivity index (χ1) is 6.88. The summed E-state index contributed by atoms with van der Waals surface area (Å²) in [5.74, 6) is 6.22. The van der Waals surface area contributed by atoms with Crippen LogP contribution >= 0.6 is 0 Å². The van der Waals surface area contributed by atoms with Crippen LogP contribution in [0.5, 0.6) is 0 Å². The van der Waals surface area contributed by atoms with E-state index in [-0.39, 0.29) is 0 Å². The maximum atomic E-state index is 5.80. The van der Waals surface area contributed by atoms with Crippen LogP contribution in [0.2, 0.25) is 0 Å². The summed E-state index contributed by atoms with van der Waals surface area (Å²) in [6.45, 7) is 0. The summed E-state index contributed by atoms with van der Waals surface area (Å²) in [5, 5.41) is 1.40. The minimum atomic E-state index is 0.422. The van der Waals surface area contributed by atoms with E-state index in [9.17, 15) is 0 Å². The van der Waals surface area contributed by atoms with Crippen molar-refractivity contribution in [1.29, 1.82) is 0 Å². The predicted octanol–water partition coefficient (Wildman–Crippen LogP) is 0.883. The molecule has 5 heteroatoms. The van der Waals surface area contributed by atoms with Gasteiger partial charge in [-0.3, -0.25) is 0 Å². The second-order valence-electron chi connectivity index (χ2n) is 2.64. The quantitative estimate of drug-likeness (QED) is 0.558. The highest BCUT2D eigenvalue weighted by Gasteiger charge is 2.05. The van der Waals surface area contributed by atoms with Crippen molar-refractivity contribution in [1.82, 2.24) is 15.0 Å². The zero-order valence-corrected chi connectivity index (χ0v) is 7.41. The lowest BCUT2D eigenvalue weighted by atomic mass is 10.3. The van der Waals surface area contributed by atoms with E-state index in [1.165, 1.54) is 17.7 Å². The first-order valence-electron chi connectivity index (χ1n) is 4.10. The first kappa shape index (κ1) is 8.58. The lowest BCUT2D eigenvalue weighted by Crippen LogP contribution is -2.26. The van der Waals surface area contributed by atoms with Gasteiger partial charge >= 0.3 is 0 Å². The van der Waals surface area contributed by atoms with Gasteiger partial charge in [0.1, 0.15) is 12.7 Å². The fourth-order valence-electron chi connectivity index (χ4n) is 1.06. The molecular formula is C9H9N5. The molecular weight excluding hydrogens is 178 g/mol. The van der Waals surface area contributed by atoms with Crippen LogP contribution in [0.25, 0.3) is 0 Å². The smallest absolute Gasteiger partial charge is 0.246 e. The van der Waals surface area contributed by atoms with E-state index in [1.807, 2.05) is 30.3 Å². The molecule has 2 rings (SSSR count). The fourth-order valence-corrected chi connectivity index (χ4v) is 1.06. The number of benzene rings is 1. The van der Waals surface area contributed by atoms with Crippen molar-refractivity contribution in [2.24, 2.45) is 5.84 Å². The minimum Gasteiger partial charge on any atom is -0.246 e. The number of para-hydroxylation sites is 1. The summed E-state index contributed by atoms with van der Waals surface area (Å²) in [5.41, 5.74) is 0.832. The van der Waals surface area contributed by atoms with E-state index >= 15 is 0 Å². The number of anilines is 2. The van der Waals surface area contributed by atoms with Crippen LogP contribution in [-0.4, -0.2) is 15.0 Å². The largest absolute Gasteiger partial charge is 0.247 e. The van der Waals surface area contributed by atoms with Crippen LogP contribution in [0.1, 0.15) is 0 Å². The summed E-state index contributed by atoms with van der Waals surface area (Å²) < 4.78 is 0. The van der Waals surface area contributed by atoms with Crippen molar-refractivity contribution in [2.75, 3.05) is 5.01 Å². The van der Waals surface area contributed by atoms with Gasteiger partial charge in [-0.15, -0.1) is 0 Å². The Morgan fingerprint density at radius 3 is 2.29 bits per heavy atom. The van der Waals surface area contributed by atoms with Crippen molar-refractivity contribution in [3.8, 4) is 0 Å². The monoisotopic (exact) mass is 187 g/mol. The molecule has 1 heterocycles. The van der Waals surface area contributed by atoms with Gasteiger partial charge in [-0.2, -0.15) is 9.97 Å². The zero-order valence-electron chi connectivity index (χ0n) is 7.41. The third-order valence-electron chi connectivity index (χ3n) is 1.73. The van der Waals surface area contributed by atoms with Gasteiger partial charge in [0.2, 0.25) is 5.95 Å². The van der Waals surface area contributed by atoms with Gasteiger partial charge in [-0.1, -0.05) is 18.2 Å². The van der Waals surface area contributed by atoms with Crippen LogP contribution < -0.4 is 10.9 Å². The Bertz CT molecular complexity index is 349. The number of nitrogens with zero attached hydrogens (tertiary/aromatic N) is 4. The third-order valence-corrected chi connectivity index (χ3v) is 1.73. The van der Waals surface area contributed by atoms with E-state index in [4.69, 9.17) is 5.84 Å². The van der Waals surface area contributed by atoms with Crippen LogP contribution in [0.4, 0.5) is 11.6 Å². The zero-order chi connectivity index (χ0) is 9.80. The number of hydrogen-bond donors (Lipinski definition) is 1. The predicted molar refractivity (Wildman–Crippen MR) is 52.6 cm³/mol. The molecule has 2 aromatic rings. The molecule has 0 spiro atoms. The SMILES string of the molecule is NN(c1ccccc1)c1ncncn1. The van der Waals surface area contributed by atoms with Crippen molar-refractivity contribution in [3.63, 3.8) is 0 Å². The summed E-state index contributed by atoms with van der Waals surface area (Å²) >= 11 is 0. The minimum absolute atomic E-state index is 0.422. The van der Waals surface area contributed by atoms with Gasteiger partial charge in [0.25, 0.3) is 0 Å². The van der Waals surface area contributed by atoms with Gasteiger partial charge in [0.05, 0.1) is 5.69 Å². The summed E-state index contributed by atoms with van der Waals surface area (Å²) in [7, 11) is 0. The Labute approximate surface area is 81.2 Å². The molecule has 0 saturated heterocycles. The summed E-state index contributed by atoms with van der Waals surface area (Å²) in [6.07, 6.45) is 2.82. The van der Waals surface area contributed by atoms with E-state index < -0.39 is 0 Å². The maximum absolute atomic E-state index is 5.80. The molecule has 0 atom stereocenters. The Morgan fingerprint density at radius 2 is 1.64 bits per heavy atom. The molecule has 0 fully saturated rings. The Hall–Kier alpha value is -2.01. The highest BCUT2D eigenvalue weighted by molar-refractivity contribution is 5.54. The van der Waals surface area contributed by atoms with Crippen LogP contribution in [0.3, 0.4) is 0 Å². The second-order valence-corrected chi connectivity index (χ2v) is 2.64. The average molecular weight is 187 g/mol. The lowest BCUT2D eigenvalue weighted by Gasteiger charge is -2.14. The molecule has 70 valence electrons. The molecule has 0 aliphatic rings. The number of aromatic nitrogens is 3. The third kappa shape index (κ3) is 1.67. The van der Waals surface area contributed by atoms with E-state index in [0.717, 1.165) is 5.69 Å². The number of rotatable bonds is 2. The molecule has 0 bridgehead atoms. The molecule has 2 N–H and O–H groups in total. The molecule has 0 amide bonds. The molecule has 14 heavy (non-hydrogen) atoms. The van der Waals surface area contributed by atoms with Gasteiger partial charge in [-0.05, 0) is 12.1 Å². The van der Waals surface area contributed by atoms with Crippen LogP contribution in [0, 0.1) is 0 Å². The van der Waals surface area contributed by atoms with Gasteiger partial charge in [0, 0.05) is 0 Å². The highest BCUT2D eigenvalue weighted by atomic mass is 15.5. The normalized spacial score (nSPS) is 9.79. The summed E-state index contributed by atoms with van der Waals surface area (Å²) in [4.78, 5) is 11.6. The number of hydrogen-bond acceptors (Lipinski definition) is 5. The van der Waals surface area contributed by atoms with Crippen molar-refractivity contribution >= 4 is 11.6 Å². The number of hydrazine groups is 1. The molecule has 0 aliphatic carbocycles. The topological polar surface area (TPSA) is 67.9 Å². The van der Waals surface area contributed by atoms with Crippen LogP contribution in [0.15, 0.2) is 43.0 Å². The summed E-state index contributed by atoms with van der Waals surface area (Å²) in [6, 6.07) is 9.48. The Kier molecular flexibility index (Phi) is 2.33. The molecule has 5 nitrogen and oxygen atoms in total. The molecule has 0 aliphatic heterocycles. The highest BCUT2D eigenvalue weighted by Crippen LogP contribution is 2.15. The molecule has 0 unspecified atom stereocenters. The molecule has 0 saturated carbocycles. The van der Waals surface area contributed by atoms with Gasteiger partial charge in [0.15, 0.2) is 0 Å². The Balaban J connectivity index is 2.30. The van der Waals surface area contributed by atoms with Crippen molar-refractivity contribution < 1.29 is 0 Å². The average Bonchev–Trinajstić information content (AvgIpc) is 2.30. The van der Waals surface area contributed by atoms with Gasteiger partial charge in [-0.25, -0.2) is 15.8 Å². The fraction of sp³-hybridized carbons (Fsp3) is 0. The lowest BCUT2D eigenvalue weighted by molar-refractivity contribution is 0.941. The maximum Gasteiger partial charge on any atom is 0.247 e.